The molecule has 25 heavy (non-hydrogen) atoms. The predicted octanol–water partition coefficient (Wildman–Crippen LogP) is 5.97. The summed E-state index contributed by atoms with van der Waals surface area (Å²) in [4.78, 5) is 4.66. The molecule has 0 N–H and O–H groups in total. The Labute approximate surface area is 156 Å². The van der Waals surface area contributed by atoms with E-state index in [-0.39, 0.29) is 0 Å². The summed E-state index contributed by atoms with van der Waals surface area (Å²) in [6, 6.07) is 16.2. The molecule has 3 rings (SSSR count). The van der Waals surface area contributed by atoms with Crippen molar-refractivity contribution in [3.05, 3.63) is 64.3 Å². The van der Waals surface area contributed by atoms with Crippen molar-refractivity contribution in [2.24, 2.45) is 0 Å². The van der Waals surface area contributed by atoms with Gasteiger partial charge in [0.05, 0.1) is 28.9 Å². The first-order valence-electron chi connectivity index (χ1n) is 8.34. The average Bonchev–Trinajstić information content (AvgIpc) is 2.63. The van der Waals surface area contributed by atoms with Crippen LogP contribution in [0.25, 0.3) is 23.1 Å². The molecule has 2 aromatic carbocycles. The molecule has 0 aliphatic rings. The third kappa shape index (κ3) is 4.20. The van der Waals surface area contributed by atoms with Crippen molar-refractivity contribution < 1.29 is 9.47 Å². The van der Waals surface area contributed by atoms with Gasteiger partial charge in [0, 0.05) is 5.39 Å². The number of para-hydroxylation sites is 1. The summed E-state index contributed by atoms with van der Waals surface area (Å²) in [6.07, 6.45) is 4.03. The van der Waals surface area contributed by atoms with Crippen LogP contribution in [0, 0.1) is 0 Å². The van der Waals surface area contributed by atoms with Gasteiger partial charge in [0.1, 0.15) is 0 Å². The Morgan fingerprint density at radius 3 is 2.56 bits per heavy atom. The van der Waals surface area contributed by atoms with Crippen LogP contribution in [0.5, 0.6) is 11.5 Å². The molecule has 3 nitrogen and oxygen atoms in total. The van der Waals surface area contributed by atoms with Crippen LogP contribution in [-0.2, 0) is 0 Å². The van der Waals surface area contributed by atoms with Gasteiger partial charge >= 0.3 is 0 Å². The highest BCUT2D eigenvalue weighted by atomic mass is 79.9. The zero-order valence-corrected chi connectivity index (χ0v) is 15.9. The van der Waals surface area contributed by atoms with Crippen molar-refractivity contribution in [2.75, 3.05) is 13.2 Å². The Bertz CT molecular complexity index is 906. The lowest BCUT2D eigenvalue weighted by molar-refractivity contribution is 0.286. The Hall–Kier alpha value is -2.33. The van der Waals surface area contributed by atoms with Gasteiger partial charge in [-0.1, -0.05) is 30.3 Å². The van der Waals surface area contributed by atoms with Gasteiger partial charge < -0.3 is 9.47 Å². The van der Waals surface area contributed by atoms with Crippen LogP contribution in [-0.4, -0.2) is 18.2 Å². The zero-order valence-electron chi connectivity index (χ0n) is 14.3. The number of pyridine rings is 1. The van der Waals surface area contributed by atoms with E-state index in [9.17, 15) is 0 Å². The Balaban J connectivity index is 1.91. The first kappa shape index (κ1) is 17.5. The molecule has 0 atom stereocenters. The number of hydrogen-bond donors (Lipinski definition) is 0. The lowest BCUT2D eigenvalue weighted by atomic mass is 10.1. The van der Waals surface area contributed by atoms with Gasteiger partial charge in [-0.25, -0.2) is 4.98 Å². The minimum Gasteiger partial charge on any atom is -0.490 e. The molecular weight excluding hydrogens is 378 g/mol. The summed E-state index contributed by atoms with van der Waals surface area (Å²) in [6.45, 7) is 5.10. The molecule has 0 aliphatic carbocycles. The maximum Gasteiger partial charge on any atom is 0.175 e. The molecule has 0 fully saturated rings. The van der Waals surface area contributed by atoms with Crippen LogP contribution in [0.4, 0.5) is 0 Å². The third-order valence-electron chi connectivity index (χ3n) is 3.69. The molecule has 0 spiro atoms. The smallest absolute Gasteiger partial charge is 0.175 e. The van der Waals surface area contributed by atoms with E-state index in [1.807, 2.05) is 62.4 Å². The lowest BCUT2D eigenvalue weighted by Gasteiger charge is -2.13. The van der Waals surface area contributed by atoms with Crippen molar-refractivity contribution in [3.8, 4) is 11.5 Å². The van der Waals surface area contributed by atoms with E-state index >= 15 is 0 Å². The Morgan fingerprint density at radius 1 is 0.960 bits per heavy atom. The number of ether oxygens (including phenoxy) is 2. The highest BCUT2D eigenvalue weighted by Gasteiger charge is 2.10. The van der Waals surface area contributed by atoms with E-state index in [4.69, 9.17) is 9.47 Å². The topological polar surface area (TPSA) is 31.4 Å². The molecule has 0 bridgehead atoms. The van der Waals surface area contributed by atoms with Gasteiger partial charge in [0.2, 0.25) is 0 Å². The quantitative estimate of drug-likeness (QED) is 0.513. The monoisotopic (exact) mass is 397 g/mol. The van der Waals surface area contributed by atoms with Crippen molar-refractivity contribution in [2.45, 2.75) is 13.8 Å². The van der Waals surface area contributed by atoms with Crippen molar-refractivity contribution >= 4 is 39.0 Å². The number of rotatable bonds is 6. The van der Waals surface area contributed by atoms with Gasteiger partial charge in [-0.2, -0.15) is 0 Å². The van der Waals surface area contributed by atoms with E-state index in [0.717, 1.165) is 38.1 Å². The fraction of sp³-hybridized carbons (Fsp3) is 0.190. The number of hydrogen-bond acceptors (Lipinski definition) is 3. The molecule has 0 saturated carbocycles. The molecule has 1 aromatic heterocycles. The van der Waals surface area contributed by atoms with Crippen molar-refractivity contribution in [1.82, 2.24) is 4.98 Å². The minimum atomic E-state index is 0.589. The van der Waals surface area contributed by atoms with Gasteiger partial charge in [-0.15, -0.1) is 0 Å². The Kier molecular flexibility index (Phi) is 5.71. The molecule has 1 heterocycles. The van der Waals surface area contributed by atoms with Gasteiger partial charge in [-0.05, 0) is 65.7 Å². The predicted molar refractivity (Wildman–Crippen MR) is 107 cm³/mol. The number of nitrogens with zero attached hydrogens (tertiary/aromatic N) is 1. The highest BCUT2D eigenvalue weighted by molar-refractivity contribution is 9.10. The van der Waals surface area contributed by atoms with Gasteiger partial charge in [0.25, 0.3) is 0 Å². The van der Waals surface area contributed by atoms with Crippen LogP contribution in [0.3, 0.4) is 0 Å². The summed E-state index contributed by atoms with van der Waals surface area (Å²) in [5, 5.41) is 1.14. The van der Waals surface area contributed by atoms with Crippen LogP contribution < -0.4 is 9.47 Å². The highest BCUT2D eigenvalue weighted by Crippen LogP contribution is 2.37. The molecule has 4 heteroatoms. The number of fused-ring (bicyclic) bond motifs is 1. The van der Waals surface area contributed by atoms with Crippen molar-refractivity contribution in [3.63, 3.8) is 0 Å². The second kappa shape index (κ2) is 8.17. The summed E-state index contributed by atoms with van der Waals surface area (Å²) in [7, 11) is 0. The summed E-state index contributed by atoms with van der Waals surface area (Å²) < 4.78 is 12.3. The van der Waals surface area contributed by atoms with Crippen LogP contribution in [0.1, 0.15) is 25.1 Å². The standard InChI is InChI=1S/C21H20BrNO2/c1-3-24-20-14-15(13-18(22)21(20)25-4-2)9-11-17-12-10-16-7-5-6-8-19(16)23-17/h5-14H,3-4H2,1-2H3/b11-9+. The molecule has 3 aromatic rings. The van der Waals surface area contributed by atoms with Gasteiger partial charge in [-0.3, -0.25) is 0 Å². The molecule has 0 saturated heterocycles. The van der Waals surface area contributed by atoms with Crippen LogP contribution in [0.15, 0.2) is 53.0 Å². The maximum absolute atomic E-state index is 5.72. The molecule has 0 aliphatic heterocycles. The molecule has 0 unspecified atom stereocenters. The second-order valence-corrected chi connectivity index (χ2v) is 6.31. The maximum atomic E-state index is 5.72. The Morgan fingerprint density at radius 2 is 1.76 bits per heavy atom. The fourth-order valence-corrected chi connectivity index (χ4v) is 3.16. The molecule has 0 amide bonds. The van der Waals surface area contributed by atoms with Crippen LogP contribution in [0.2, 0.25) is 0 Å². The number of aromatic nitrogens is 1. The summed E-state index contributed by atoms with van der Waals surface area (Å²) in [5.41, 5.74) is 2.93. The summed E-state index contributed by atoms with van der Waals surface area (Å²) in [5.74, 6) is 1.48. The van der Waals surface area contributed by atoms with Crippen molar-refractivity contribution in [1.29, 1.82) is 0 Å². The third-order valence-corrected chi connectivity index (χ3v) is 4.28. The van der Waals surface area contributed by atoms with E-state index in [1.165, 1.54) is 0 Å². The summed E-state index contributed by atoms with van der Waals surface area (Å²) >= 11 is 3.57. The minimum absolute atomic E-state index is 0.589. The van der Waals surface area contributed by atoms with Crippen LogP contribution >= 0.6 is 15.9 Å². The van der Waals surface area contributed by atoms with E-state index in [2.05, 4.69) is 33.0 Å². The molecule has 128 valence electrons. The number of halogens is 1. The normalized spacial score (nSPS) is 11.2. The SMILES string of the molecule is CCOc1cc(/C=C/c2ccc3ccccc3n2)cc(Br)c1OCC. The van der Waals surface area contributed by atoms with E-state index < -0.39 is 0 Å². The largest absolute Gasteiger partial charge is 0.490 e. The lowest BCUT2D eigenvalue weighted by Crippen LogP contribution is -1.99. The molecular formula is C21H20BrNO2. The van der Waals surface area contributed by atoms with E-state index in [0.29, 0.717) is 13.2 Å². The van der Waals surface area contributed by atoms with Gasteiger partial charge in [0.15, 0.2) is 11.5 Å². The number of benzene rings is 2. The first-order valence-corrected chi connectivity index (χ1v) is 9.13. The first-order chi connectivity index (χ1) is 12.2. The second-order valence-electron chi connectivity index (χ2n) is 5.46. The molecule has 0 radical (unpaired) electrons. The van der Waals surface area contributed by atoms with E-state index in [1.54, 1.807) is 0 Å². The zero-order chi connectivity index (χ0) is 17.6. The average molecular weight is 398 g/mol. The fourth-order valence-electron chi connectivity index (χ4n) is 2.59.